The van der Waals surface area contributed by atoms with Crippen LogP contribution in [0.5, 0.6) is 5.75 Å². The van der Waals surface area contributed by atoms with Crippen LogP contribution in [0.4, 0.5) is 0 Å². The molecule has 0 radical (unpaired) electrons. The van der Waals surface area contributed by atoms with Crippen LogP contribution in [0.1, 0.15) is 57.5 Å². The predicted molar refractivity (Wildman–Crippen MR) is 79.8 cm³/mol. The van der Waals surface area contributed by atoms with Gasteiger partial charge in [-0.15, -0.1) is 0 Å². The highest BCUT2D eigenvalue weighted by atomic mass is 16.3. The van der Waals surface area contributed by atoms with E-state index in [4.69, 9.17) is 0 Å². The molecule has 1 aromatic carbocycles. The first-order chi connectivity index (χ1) is 9.59. The van der Waals surface area contributed by atoms with Crippen molar-refractivity contribution in [3.05, 3.63) is 29.3 Å². The van der Waals surface area contributed by atoms with Crippen LogP contribution >= 0.6 is 0 Å². The summed E-state index contributed by atoms with van der Waals surface area (Å²) >= 11 is 0. The standard InChI is InChI=1S/C18H24O2/c1-18-9-8-14-13-5-3-12(19)10-11(13)2-4-15(14)16(18)6-7-17(18)20/h3,5,10,14-17,19-20H,2,4,6-9H2,1H3/p+1/t14-,15-,16+,17+,18+/m1/s1. The van der Waals surface area contributed by atoms with Crippen molar-refractivity contribution in [1.29, 1.82) is 0 Å². The molecule has 20 heavy (non-hydrogen) atoms. The zero-order valence-electron chi connectivity index (χ0n) is 13.2. The van der Waals surface area contributed by atoms with E-state index in [1.165, 1.54) is 30.4 Å². The Labute approximate surface area is 122 Å². The second-order valence-corrected chi connectivity index (χ2v) is 7.44. The van der Waals surface area contributed by atoms with Crippen LogP contribution in [-0.2, 0) is 6.42 Å². The Balaban J connectivity index is 0.00000132. The minimum absolute atomic E-state index is 0. The smallest absolute Gasteiger partial charge is 0.508 e. The van der Waals surface area contributed by atoms with E-state index in [-0.39, 0.29) is 12.9 Å². The summed E-state index contributed by atoms with van der Waals surface area (Å²) < 4.78 is 0. The molecule has 0 amide bonds. The number of rotatable bonds is 0. The zero-order chi connectivity index (χ0) is 13.9. The fraction of sp³-hybridized carbons (Fsp3) is 0.667. The Morgan fingerprint density at radius 2 is 2.05 bits per heavy atom. The molecule has 0 aromatic heterocycles. The summed E-state index contributed by atoms with van der Waals surface area (Å²) in [6.45, 7) is 2.32. The number of aromatic hydroxyl groups is 1. The zero-order valence-corrected chi connectivity index (χ0v) is 12.2. The van der Waals surface area contributed by atoms with Crippen molar-refractivity contribution < 1.29 is 11.6 Å². The van der Waals surface area contributed by atoms with E-state index in [9.17, 15) is 10.2 Å². The SMILES string of the molecule is C[C@]12CC[C@@H]3c4ccc(O)cc4CC[C@H]3[C@@H]1CC[C@@H]2O.[H+]. The van der Waals surface area contributed by atoms with Crippen molar-refractivity contribution in [2.75, 3.05) is 0 Å². The number of aliphatic hydroxyl groups excluding tert-OH is 1. The fourth-order valence-electron chi connectivity index (χ4n) is 5.54. The number of hydrogen-bond acceptors (Lipinski definition) is 2. The maximum absolute atomic E-state index is 10.4. The summed E-state index contributed by atoms with van der Waals surface area (Å²) in [4.78, 5) is 0. The lowest BCUT2D eigenvalue weighted by molar-refractivity contribution is -0.0226. The molecule has 0 saturated heterocycles. The van der Waals surface area contributed by atoms with Gasteiger partial charge in [-0.2, -0.15) is 0 Å². The number of benzene rings is 1. The lowest BCUT2D eigenvalue weighted by Crippen LogP contribution is -2.43. The van der Waals surface area contributed by atoms with Gasteiger partial charge in [0.2, 0.25) is 0 Å². The molecule has 3 aliphatic carbocycles. The molecule has 2 N–H and O–H groups in total. The van der Waals surface area contributed by atoms with E-state index >= 15 is 0 Å². The molecule has 1 aromatic rings. The van der Waals surface area contributed by atoms with Gasteiger partial charge in [-0.3, -0.25) is 0 Å². The van der Waals surface area contributed by atoms with E-state index in [0.717, 1.165) is 25.2 Å². The maximum atomic E-state index is 10.4. The van der Waals surface area contributed by atoms with Crippen molar-refractivity contribution in [2.24, 2.45) is 17.3 Å². The number of fused-ring (bicyclic) bond motifs is 5. The molecule has 2 nitrogen and oxygen atoms in total. The maximum Gasteiger partial charge on any atom is 1.00 e. The third kappa shape index (κ3) is 1.60. The summed E-state index contributed by atoms with van der Waals surface area (Å²) in [5, 5.41) is 20.0. The monoisotopic (exact) mass is 273 g/mol. The summed E-state index contributed by atoms with van der Waals surface area (Å²) in [6.07, 6.45) is 6.78. The second-order valence-electron chi connectivity index (χ2n) is 7.44. The Kier molecular flexibility index (Phi) is 2.69. The van der Waals surface area contributed by atoms with Crippen LogP contribution < -0.4 is 0 Å². The molecule has 2 heteroatoms. The van der Waals surface area contributed by atoms with Gasteiger partial charge in [0.15, 0.2) is 0 Å². The van der Waals surface area contributed by atoms with E-state index in [1.54, 1.807) is 0 Å². The third-order valence-electron chi connectivity index (χ3n) is 6.66. The second kappa shape index (κ2) is 4.24. The molecule has 3 aliphatic rings. The van der Waals surface area contributed by atoms with Crippen LogP contribution in [0, 0.1) is 17.3 Å². The summed E-state index contributed by atoms with van der Waals surface area (Å²) in [5.41, 5.74) is 2.99. The van der Waals surface area contributed by atoms with Crippen LogP contribution in [0.15, 0.2) is 18.2 Å². The first kappa shape index (κ1) is 12.7. The molecule has 0 unspecified atom stereocenters. The number of phenols is 1. The average molecular weight is 273 g/mol. The Hall–Kier alpha value is -1.02. The van der Waals surface area contributed by atoms with Gasteiger partial charge in [0.1, 0.15) is 5.75 Å². The summed E-state index contributed by atoms with van der Waals surface area (Å²) in [7, 11) is 0. The van der Waals surface area contributed by atoms with Gasteiger partial charge in [0.25, 0.3) is 0 Å². The summed E-state index contributed by atoms with van der Waals surface area (Å²) in [5.74, 6) is 2.49. The van der Waals surface area contributed by atoms with E-state index < -0.39 is 0 Å². The highest BCUT2D eigenvalue weighted by Crippen LogP contribution is 2.60. The predicted octanol–water partition coefficient (Wildman–Crippen LogP) is 3.72. The summed E-state index contributed by atoms with van der Waals surface area (Å²) in [6, 6.07) is 5.96. The lowest BCUT2D eigenvalue weighted by atomic mass is 9.55. The molecule has 2 saturated carbocycles. The van der Waals surface area contributed by atoms with E-state index in [0.29, 0.717) is 17.6 Å². The van der Waals surface area contributed by atoms with Crippen molar-refractivity contribution in [3.8, 4) is 5.75 Å². The fourth-order valence-corrected chi connectivity index (χ4v) is 5.54. The molecule has 0 spiro atoms. The Morgan fingerprint density at radius 1 is 1.20 bits per heavy atom. The molecule has 108 valence electrons. The van der Waals surface area contributed by atoms with Crippen molar-refractivity contribution >= 4 is 0 Å². The van der Waals surface area contributed by atoms with Gasteiger partial charge in [-0.25, -0.2) is 0 Å². The van der Waals surface area contributed by atoms with Crippen molar-refractivity contribution in [1.82, 2.24) is 0 Å². The average Bonchev–Trinajstić information content (AvgIpc) is 2.74. The normalized spacial score (nSPS) is 42.7. The first-order valence-electron chi connectivity index (χ1n) is 8.09. The number of hydrogen-bond donors (Lipinski definition) is 2. The lowest BCUT2D eigenvalue weighted by Gasteiger charge is -2.50. The highest BCUT2D eigenvalue weighted by Gasteiger charge is 2.54. The number of phenolic OH excluding ortho intramolecular Hbond substituents is 1. The van der Waals surface area contributed by atoms with Gasteiger partial charge < -0.3 is 10.2 Å². The van der Waals surface area contributed by atoms with Crippen molar-refractivity contribution in [2.45, 2.75) is 57.5 Å². The third-order valence-corrected chi connectivity index (χ3v) is 6.66. The minimum Gasteiger partial charge on any atom is -0.508 e. The van der Waals surface area contributed by atoms with Crippen molar-refractivity contribution in [3.63, 3.8) is 0 Å². The molecule has 0 aliphatic heterocycles. The first-order valence-corrected chi connectivity index (χ1v) is 8.09. The Bertz CT molecular complexity index is 544. The topological polar surface area (TPSA) is 40.5 Å². The van der Waals surface area contributed by atoms with E-state index in [1.807, 2.05) is 12.1 Å². The van der Waals surface area contributed by atoms with Crippen LogP contribution in [0.25, 0.3) is 0 Å². The van der Waals surface area contributed by atoms with Gasteiger partial charge in [-0.05, 0) is 85.0 Å². The van der Waals surface area contributed by atoms with Crippen LogP contribution in [0.2, 0.25) is 0 Å². The molecule has 5 atom stereocenters. The molecule has 0 heterocycles. The minimum atomic E-state index is -0.0883. The molecule has 4 rings (SSSR count). The molecular formula is C18H25O2+. The quantitative estimate of drug-likeness (QED) is 0.756. The largest absolute Gasteiger partial charge is 1.00 e. The molecule has 2 fully saturated rings. The van der Waals surface area contributed by atoms with Crippen LogP contribution in [-0.4, -0.2) is 16.3 Å². The van der Waals surface area contributed by atoms with Gasteiger partial charge in [0.05, 0.1) is 6.10 Å². The van der Waals surface area contributed by atoms with Gasteiger partial charge in [0, 0.05) is 0 Å². The van der Waals surface area contributed by atoms with Gasteiger partial charge in [-0.1, -0.05) is 13.0 Å². The number of aryl methyl sites for hydroxylation is 1. The highest BCUT2D eigenvalue weighted by molar-refractivity contribution is 5.40. The molecule has 0 bridgehead atoms. The van der Waals surface area contributed by atoms with E-state index in [2.05, 4.69) is 13.0 Å². The Morgan fingerprint density at radius 3 is 2.90 bits per heavy atom. The molecular weight excluding hydrogens is 248 g/mol. The van der Waals surface area contributed by atoms with Crippen LogP contribution in [0.3, 0.4) is 0 Å². The number of aliphatic hydroxyl groups is 1. The van der Waals surface area contributed by atoms with Gasteiger partial charge >= 0.3 is 1.43 Å².